The van der Waals surface area contributed by atoms with Crippen LogP contribution in [0.5, 0.6) is 11.6 Å². The number of hydrogen-bond donors (Lipinski definition) is 2. The van der Waals surface area contributed by atoms with Gasteiger partial charge in [-0.2, -0.15) is 21.9 Å². The summed E-state index contributed by atoms with van der Waals surface area (Å²) in [5.74, 6) is -3.32. The van der Waals surface area contributed by atoms with Crippen molar-refractivity contribution < 1.29 is 36.1 Å². The maximum atomic E-state index is 13.5. The van der Waals surface area contributed by atoms with Crippen LogP contribution in [0.4, 0.5) is 23.2 Å². The van der Waals surface area contributed by atoms with Crippen LogP contribution in [0.15, 0.2) is 45.7 Å². The Bertz CT molecular complexity index is 1530. The van der Waals surface area contributed by atoms with E-state index in [0.29, 0.717) is 0 Å². The summed E-state index contributed by atoms with van der Waals surface area (Å²) in [5, 5.41) is 9.02. The Morgan fingerprint density at radius 1 is 1.16 bits per heavy atom. The zero-order valence-corrected chi connectivity index (χ0v) is 21.3. The average molecular weight is 555 g/mol. The Labute approximate surface area is 214 Å². The second-order valence-electron chi connectivity index (χ2n) is 8.17. The van der Waals surface area contributed by atoms with E-state index in [9.17, 15) is 31.4 Å². The van der Waals surface area contributed by atoms with Crippen LogP contribution in [0, 0.1) is 19.8 Å². The number of benzene rings is 1. The summed E-state index contributed by atoms with van der Waals surface area (Å²) in [4.78, 5) is 28.7. The Hall–Kier alpha value is -3.98. The highest BCUT2D eigenvalue weighted by atomic mass is 32.2. The van der Waals surface area contributed by atoms with E-state index in [2.05, 4.69) is 24.9 Å². The molecule has 2 aromatic heterocycles. The molecule has 0 fully saturated rings. The molecule has 3 rings (SSSR count). The molecule has 3 aromatic rings. The molecule has 2 heterocycles. The van der Waals surface area contributed by atoms with Gasteiger partial charge in [0.1, 0.15) is 5.56 Å². The molecule has 10 nitrogen and oxygen atoms in total. The highest BCUT2D eigenvalue weighted by Crippen LogP contribution is 2.35. The summed E-state index contributed by atoms with van der Waals surface area (Å²) >= 11 is 0. The fourth-order valence-corrected chi connectivity index (χ4v) is 4.44. The van der Waals surface area contributed by atoms with Crippen molar-refractivity contribution in [3.8, 4) is 11.6 Å². The molecule has 2 atom stereocenters. The minimum Gasteiger partial charge on any atom is -0.435 e. The van der Waals surface area contributed by atoms with Gasteiger partial charge in [0.2, 0.25) is 5.95 Å². The number of carbonyl (C=O) groups is 2. The molecule has 2 amide bonds. The van der Waals surface area contributed by atoms with E-state index in [-0.39, 0.29) is 22.0 Å². The summed E-state index contributed by atoms with van der Waals surface area (Å²) in [7, 11) is -3.26. The molecule has 38 heavy (non-hydrogen) atoms. The number of aromatic nitrogens is 3. The molecule has 0 spiro atoms. The lowest BCUT2D eigenvalue weighted by Crippen LogP contribution is -2.25. The fraction of sp³-hybridized carbons (Fsp3) is 0.261. The molecule has 15 heteroatoms. The summed E-state index contributed by atoms with van der Waals surface area (Å²) < 4.78 is 76.1. The molecule has 0 unspecified atom stereocenters. The van der Waals surface area contributed by atoms with Gasteiger partial charge in [-0.15, -0.1) is 10.2 Å². The van der Waals surface area contributed by atoms with Crippen LogP contribution >= 0.6 is 0 Å². The smallest absolute Gasteiger partial charge is 0.435 e. The number of hydrogen-bond acceptors (Lipinski definition) is 8. The highest BCUT2D eigenvalue weighted by molar-refractivity contribution is 7.93. The number of carbonyl (C=O) groups excluding carboxylic acids is 2. The molecule has 0 aliphatic carbocycles. The Kier molecular flexibility index (Phi) is 8.12. The SMILES string of the molecule is Cc1nc(F)ccc1Oc1nnc(C(F)(F)F)c(C)c1C(=O)Nc1cccc([S@@](C)(=O)=NC(=O)[C@@H](C)N)c1. The summed E-state index contributed by atoms with van der Waals surface area (Å²) in [6.07, 6.45) is -3.73. The average Bonchev–Trinajstić information content (AvgIpc) is 2.80. The summed E-state index contributed by atoms with van der Waals surface area (Å²) in [5.41, 5.74) is 2.95. The first-order valence-electron chi connectivity index (χ1n) is 10.8. The van der Waals surface area contributed by atoms with Gasteiger partial charge >= 0.3 is 6.18 Å². The Morgan fingerprint density at radius 3 is 2.45 bits per heavy atom. The first-order chi connectivity index (χ1) is 17.6. The molecule has 0 aliphatic rings. The van der Waals surface area contributed by atoms with Crippen molar-refractivity contribution in [3.63, 3.8) is 0 Å². The van der Waals surface area contributed by atoms with E-state index < -0.39 is 62.4 Å². The van der Waals surface area contributed by atoms with E-state index in [0.717, 1.165) is 13.0 Å². The van der Waals surface area contributed by atoms with Crippen molar-refractivity contribution in [3.05, 3.63) is 64.9 Å². The zero-order chi connectivity index (χ0) is 28.4. The van der Waals surface area contributed by atoms with E-state index in [1.54, 1.807) is 0 Å². The quantitative estimate of drug-likeness (QED) is 0.343. The number of nitrogens with two attached hydrogens (primary N) is 1. The molecule has 202 valence electrons. The number of anilines is 1. The van der Waals surface area contributed by atoms with Crippen molar-refractivity contribution in [2.75, 3.05) is 11.6 Å². The number of halogens is 4. The summed E-state index contributed by atoms with van der Waals surface area (Å²) in [6.45, 7) is 3.78. The third kappa shape index (κ3) is 6.47. The maximum Gasteiger partial charge on any atom is 0.435 e. The van der Waals surface area contributed by atoms with Crippen LogP contribution < -0.4 is 15.8 Å². The normalized spacial score (nSPS) is 13.8. The first kappa shape index (κ1) is 28.6. The van der Waals surface area contributed by atoms with Gasteiger partial charge in [0, 0.05) is 16.8 Å². The lowest BCUT2D eigenvalue weighted by Gasteiger charge is -2.16. The van der Waals surface area contributed by atoms with Gasteiger partial charge < -0.3 is 15.8 Å². The molecule has 0 radical (unpaired) electrons. The Balaban J connectivity index is 2.05. The van der Waals surface area contributed by atoms with Crippen LogP contribution in [0.25, 0.3) is 0 Å². The van der Waals surface area contributed by atoms with Crippen LogP contribution in [0.3, 0.4) is 0 Å². The minimum absolute atomic E-state index is 0.0286. The fourth-order valence-electron chi connectivity index (χ4n) is 3.15. The number of ether oxygens (including phenoxy) is 1. The number of pyridine rings is 1. The lowest BCUT2D eigenvalue weighted by atomic mass is 10.1. The number of amides is 2. The van der Waals surface area contributed by atoms with E-state index in [4.69, 9.17) is 10.5 Å². The van der Waals surface area contributed by atoms with Gasteiger partial charge in [-0.25, -0.2) is 9.19 Å². The van der Waals surface area contributed by atoms with Gasteiger partial charge in [-0.05, 0) is 56.7 Å². The van der Waals surface area contributed by atoms with Crippen molar-refractivity contribution >= 4 is 27.2 Å². The van der Waals surface area contributed by atoms with Crippen LogP contribution in [0.2, 0.25) is 0 Å². The number of rotatable bonds is 6. The third-order valence-electron chi connectivity index (χ3n) is 5.07. The van der Waals surface area contributed by atoms with Crippen LogP contribution in [-0.4, -0.2) is 43.5 Å². The van der Waals surface area contributed by atoms with Crippen molar-refractivity contribution in [2.24, 2.45) is 10.1 Å². The van der Waals surface area contributed by atoms with Gasteiger partial charge in [0.25, 0.3) is 17.7 Å². The second-order valence-corrected chi connectivity index (χ2v) is 10.4. The lowest BCUT2D eigenvalue weighted by molar-refractivity contribution is -0.142. The standard InChI is InChI=1S/C23H22F4N6O4S/c1-11-18(21(35)30-14-6-5-7-15(10-14)38(4,36)33-20(34)12(2)28)22(32-31-19(11)23(25,26)27)37-16-8-9-17(24)29-13(16)3/h5-10,12H,28H2,1-4H3,(H,30,35)/t12-,38-/m1/s1. The summed E-state index contributed by atoms with van der Waals surface area (Å²) in [6, 6.07) is 6.58. The van der Waals surface area contributed by atoms with Gasteiger partial charge in [0.05, 0.1) is 21.5 Å². The van der Waals surface area contributed by atoms with Gasteiger partial charge in [-0.3, -0.25) is 9.59 Å². The topological polar surface area (TPSA) is 150 Å². The van der Waals surface area contributed by atoms with E-state index in [1.807, 2.05) is 0 Å². The molecule has 0 aliphatic heterocycles. The number of nitrogens with one attached hydrogen (secondary N) is 1. The molecular weight excluding hydrogens is 532 g/mol. The highest BCUT2D eigenvalue weighted by Gasteiger charge is 2.38. The van der Waals surface area contributed by atoms with Crippen molar-refractivity contribution in [1.82, 2.24) is 15.2 Å². The maximum absolute atomic E-state index is 13.5. The largest absolute Gasteiger partial charge is 0.435 e. The van der Waals surface area contributed by atoms with Crippen LogP contribution in [-0.2, 0) is 20.7 Å². The predicted molar refractivity (Wildman–Crippen MR) is 129 cm³/mol. The molecule has 0 saturated carbocycles. The molecule has 3 N–H and O–H groups in total. The van der Waals surface area contributed by atoms with Crippen molar-refractivity contribution in [2.45, 2.75) is 37.9 Å². The van der Waals surface area contributed by atoms with E-state index in [1.165, 1.54) is 50.4 Å². The minimum atomic E-state index is -4.93. The monoisotopic (exact) mass is 554 g/mol. The molecule has 1 aromatic carbocycles. The van der Waals surface area contributed by atoms with Gasteiger partial charge in [0.15, 0.2) is 11.4 Å². The molecule has 0 bridgehead atoms. The third-order valence-corrected chi connectivity index (χ3v) is 6.73. The van der Waals surface area contributed by atoms with E-state index >= 15 is 0 Å². The zero-order valence-electron chi connectivity index (χ0n) is 20.5. The number of alkyl halides is 3. The number of aryl methyl sites for hydroxylation is 1. The van der Waals surface area contributed by atoms with Crippen molar-refractivity contribution in [1.29, 1.82) is 0 Å². The van der Waals surface area contributed by atoms with Crippen LogP contribution in [0.1, 0.15) is 34.2 Å². The second kappa shape index (κ2) is 10.8. The number of nitrogens with zero attached hydrogens (tertiary/aromatic N) is 4. The molecular formula is C23H22F4N6O4S. The Morgan fingerprint density at radius 2 is 1.84 bits per heavy atom. The van der Waals surface area contributed by atoms with Gasteiger partial charge in [-0.1, -0.05) is 6.07 Å². The first-order valence-corrected chi connectivity index (χ1v) is 12.7. The molecule has 0 saturated heterocycles. The predicted octanol–water partition coefficient (Wildman–Crippen LogP) is 4.02.